The van der Waals surface area contributed by atoms with Crippen molar-refractivity contribution in [3.63, 3.8) is 0 Å². The molecule has 3 unspecified atom stereocenters. The van der Waals surface area contributed by atoms with Gasteiger partial charge in [-0.25, -0.2) is 4.90 Å². The van der Waals surface area contributed by atoms with E-state index >= 15 is 0 Å². The Hall–Kier alpha value is -2.71. The van der Waals surface area contributed by atoms with Gasteiger partial charge < -0.3 is 0 Å². The fourth-order valence-corrected chi connectivity index (χ4v) is 3.69. The number of hydrogen-bond donors (Lipinski definition) is 0. The molecular weight excluding hydrogens is 361 g/mol. The molecule has 4 rings (SSSR count). The summed E-state index contributed by atoms with van der Waals surface area (Å²) in [6.45, 7) is 0. The highest BCUT2D eigenvalue weighted by molar-refractivity contribution is 6.23. The second-order valence-electron chi connectivity index (χ2n) is 6.51. The molecule has 2 fully saturated rings. The van der Waals surface area contributed by atoms with E-state index in [0.717, 1.165) is 22.6 Å². The molecular formula is C19H15F3N2O3. The van der Waals surface area contributed by atoms with Crippen molar-refractivity contribution in [2.45, 2.75) is 18.3 Å². The van der Waals surface area contributed by atoms with Crippen LogP contribution in [0.15, 0.2) is 54.6 Å². The lowest BCUT2D eigenvalue weighted by Gasteiger charge is -2.24. The minimum atomic E-state index is -4.57. The number of rotatable bonds is 2. The summed E-state index contributed by atoms with van der Waals surface area (Å²) in [5.41, 5.74) is -0.234. The van der Waals surface area contributed by atoms with Crippen LogP contribution in [0.4, 0.5) is 18.9 Å². The van der Waals surface area contributed by atoms with Crippen molar-refractivity contribution >= 4 is 17.5 Å². The highest BCUT2D eigenvalue weighted by atomic mass is 19.4. The Kier molecular flexibility index (Phi) is 4.05. The first-order valence-electron chi connectivity index (χ1n) is 8.28. The standard InChI is InChI=1S/C19H15F3N2O3/c1-23-15(11-6-3-2-4-7-11)14-16(27-23)18(26)24(17(14)25)13-9-5-8-12(10-13)19(20,21)22/h2-10,14-16H,1H3. The lowest BCUT2D eigenvalue weighted by molar-refractivity contribution is -0.160. The number of alkyl halides is 3. The molecule has 2 aromatic rings. The summed E-state index contributed by atoms with van der Waals surface area (Å²) in [6, 6.07) is 12.8. The van der Waals surface area contributed by atoms with Crippen molar-refractivity contribution in [1.29, 1.82) is 0 Å². The second-order valence-corrected chi connectivity index (χ2v) is 6.51. The maximum Gasteiger partial charge on any atom is 0.416 e. The maximum absolute atomic E-state index is 13.0. The maximum atomic E-state index is 13.0. The van der Waals surface area contributed by atoms with E-state index in [4.69, 9.17) is 4.84 Å². The van der Waals surface area contributed by atoms with Gasteiger partial charge in [0.25, 0.3) is 5.91 Å². The van der Waals surface area contributed by atoms with Gasteiger partial charge in [0.1, 0.15) is 0 Å². The van der Waals surface area contributed by atoms with Crippen molar-refractivity contribution in [3.05, 3.63) is 65.7 Å². The smallest absolute Gasteiger partial charge is 0.284 e. The van der Waals surface area contributed by atoms with Crippen LogP contribution in [0, 0.1) is 5.92 Å². The van der Waals surface area contributed by atoms with Crippen LogP contribution in [0.2, 0.25) is 0 Å². The zero-order valence-corrected chi connectivity index (χ0v) is 14.2. The van der Waals surface area contributed by atoms with E-state index in [1.54, 1.807) is 7.05 Å². The minimum Gasteiger partial charge on any atom is -0.284 e. The van der Waals surface area contributed by atoms with E-state index in [1.165, 1.54) is 17.2 Å². The molecule has 2 aliphatic rings. The van der Waals surface area contributed by atoms with Gasteiger partial charge in [-0.2, -0.15) is 18.2 Å². The van der Waals surface area contributed by atoms with Gasteiger partial charge >= 0.3 is 6.18 Å². The zero-order chi connectivity index (χ0) is 19.3. The van der Waals surface area contributed by atoms with Gasteiger partial charge in [-0.1, -0.05) is 36.4 Å². The number of hydroxylamine groups is 2. The predicted molar refractivity (Wildman–Crippen MR) is 89.2 cm³/mol. The molecule has 27 heavy (non-hydrogen) atoms. The minimum absolute atomic E-state index is 0.104. The van der Waals surface area contributed by atoms with Gasteiger partial charge in [-0.05, 0) is 23.8 Å². The summed E-state index contributed by atoms with van der Waals surface area (Å²) in [5, 5.41) is 1.46. The van der Waals surface area contributed by atoms with Crippen LogP contribution in [0.3, 0.4) is 0 Å². The summed E-state index contributed by atoms with van der Waals surface area (Å²) in [7, 11) is 1.63. The summed E-state index contributed by atoms with van der Waals surface area (Å²) >= 11 is 0. The molecule has 0 spiro atoms. The third-order valence-electron chi connectivity index (χ3n) is 4.88. The fourth-order valence-electron chi connectivity index (χ4n) is 3.69. The van der Waals surface area contributed by atoms with Crippen LogP contribution < -0.4 is 4.90 Å². The van der Waals surface area contributed by atoms with Crippen LogP contribution in [0.1, 0.15) is 17.2 Å². The second kappa shape index (κ2) is 6.17. The van der Waals surface area contributed by atoms with Crippen molar-refractivity contribution < 1.29 is 27.6 Å². The molecule has 0 aliphatic carbocycles. The number of hydrogen-bond acceptors (Lipinski definition) is 4. The van der Waals surface area contributed by atoms with Crippen molar-refractivity contribution in [3.8, 4) is 0 Å². The largest absolute Gasteiger partial charge is 0.416 e. The van der Waals surface area contributed by atoms with Gasteiger partial charge in [0, 0.05) is 7.05 Å². The molecule has 0 N–H and O–H groups in total. The Balaban J connectivity index is 1.72. The number of anilines is 1. The van der Waals surface area contributed by atoms with Crippen LogP contribution in [-0.4, -0.2) is 30.0 Å². The number of fused-ring (bicyclic) bond motifs is 1. The number of halogens is 3. The van der Waals surface area contributed by atoms with E-state index < -0.39 is 41.6 Å². The lowest BCUT2D eigenvalue weighted by atomic mass is 9.91. The molecule has 140 valence electrons. The Morgan fingerprint density at radius 3 is 2.33 bits per heavy atom. The number of benzene rings is 2. The number of nitrogens with zero attached hydrogens (tertiary/aromatic N) is 2. The van der Waals surface area contributed by atoms with Gasteiger partial charge in [0.15, 0.2) is 6.10 Å². The first kappa shape index (κ1) is 17.7. The van der Waals surface area contributed by atoms with Crippen LogP contribution in [-0.2, 0) is 20.6 Å². The Morgan fingerprint density at radius 2 is 1.67 bits per heavy atom. The SMILES string of the molecule is CN1OC2C(=O)N(c3cccc(C(F)(F)F)c3)C(=O)C2C1c1ccccc1. The summed E-state index contributed by atoms with van der Waals surface area (Å²) in [5.74, 6) is -2.04. The highest BCUT2D eigenvalue weighted by Crippen LogP contribution is 2.45. The quantitative estimate of drug-likeness (QED) is 0.756. The van der Waals surface area contributed by atoms with Crippen molar-refractivity contribution in [1.82, 2.24) is 5.06 Å². The topological polar surface area (TPSA) is 49.9 Å². The molecule has 2 heterocycles. The molecule has 0 aromatic heterocycles. The van der Waals surface area contributed by atoms with Crippen molar-refractivity contribution in [2.24, 2.45) is 5.92 Å². The third kappa shape index (κ3) is 2.81. The number of imide groups is 1. The molecule has 8 heteroatoms. The number of carbonyl (C=O) groups excluding carboxylic acids is 2. The monoisotopic (exact) mass is 376 g/mol. The van der Waals surface area contributed by atoms with E-state index in [9.17, 15) is 22.8 Å². The first-order valence-corrected chi connectivity index (χ1v) is 8.28. The lowest BCUT2D eigenvalue weighted by Crippen LogP contribution is -2.36. The fraction of sp³-hybridized carbons (Fsp3) is 0.263. The Morgan fingerprint density at radius 1 is 0.963 bits per heavy atom. The molecule has 2 saturated heterocycles. The molecule has 2 aliphatic heterocycles. The summed E-state index contributed by atoms with van der Waals surface area (Å²) in [6.07, 6.45) is -5.62. The van der Waals surface area contributed by atoms with Gasteiger partial charge in [0.2, 0.25) is 5.91 Å². The Labute approximate surface area is 152 Å². The van der Waals surface area contributed by atoms with Gasteiger partial charge in [-0.15, -0.1) is 0 Å². The average molecular weight is 376 g/mol. The molecule has 0 saturated carbocycles. The van der Waals surface area contributed by atoms with E-state index in [-0.39, 0.29) is 5.69 Å². The van der Waals surface area contributed by atoms with Crippen LogP contribution in [0.5, 0.6) is 0 Å². The number of amides is 2. The highest BCUT2D eigenvalue weighted by Gasteiger charge is 2.59. The van der Waals surface area contributed by atoms with E-state index in [1.807, 2.05) is 30.3 Å². The van der Waals surface area contributed by atoms with E-state index in [0.29, 0.717) is 0 Å². The number of carbonyl (C=O) groups is 2. The molecule has 0 radical (unpaired) electrons. The summed E-state index contributed by atoms with van der Waals surface area (Å²) < 4.78 is 39.0. The molecule has 0 bridgehead atoms. The predicted octanol–water partition coefficient (Wildman–Crippen LogP) is 3.18. The van der Waals surface area contributed by atoms with Crippen LogP contribution >= 0.6 is 0 Å². The molecule has 2 amide bonds. The zero-order valence-electron chi connectivity index (χ0n) is 14.2. The Bertz CT molecular complexity index is 901. The molecule has 2 aromatic carbocycles. The van der Waals surface area contributed by atoms with E-state index in [2.05, 4.69) is 0 Å². The molecule has 5 nitrogen and oxygen atoms in total. The first-order chi connectivity index (χ1) is 12.8. The third-order valence-corrected chi connectivity index (χ3v) is 4.88. The normalized spacial score (nSPS) is 25.9. The average Bonchev–Trinajstić information content (AvgIpc) is 3.09. The molecule has 3 atom stereocenters. The van der Waals surface area contributed by atoms with Crippen molar-refractivity contribution in [2.75, 3.05) is 11.9 Å². The van der Waals surface area contributed by atoms with Gasteiger partial charge in [0.05, 0.1) is 23.2 Å². The summed E-state index contributed by atoms with van der Waals surface area (Å²) in [4.78, 5) is 32.1. The van der Waals surface area contributed by atoms with Gasteiger partial charge in [-0.3, -0.25) is 14.4 Å². The van der Waals surface area contributed by atoms with Crippen LogP contribution in [0.25, 0.3) is 0 Å².